The number of hydrogen-bond donors (Lipinski definition) is 1. The van der Waals surface area contributed by atoms with Gasteiger partial charge in [0.2, 0.25) is 0 Å². The van der Waals surface area contributed by atoms with Crippen molar-refractivity contribution in [3.8, 4) is 0 Å². The SMILES string of the molecule is Cc1ccncc1NCc1occc1C. The van der Waals surface area contributed by atoms with E-state index in [0.29, 0.717) is 6.54 Å². The second-order valence-electron chi connectivity index (χ2n) is 3.57. The van der Waals surface area contributed by atoms with E-state index in [-0.39, 0.29) is 0 Å². The molecule has 2 aromatic heterocycles. The van der Waals surface area contributed by atoms with E-state index in [1.165, 1.54) is 11.1 Å². The smallest absolute Gasteiger partial charge is 0.125 e. The van der Waals surface area contributed by atoms with Crippen LogP contribution in [0.5, 0.6) is 0 Å². The van der Waals surface area contributed by atoms with Crippen LogP contribution in [0.15, 0.2) is 35.2 Å². The number of rotatable bonds is 3. The molecule has 2 rings (SSSR count). The minimum atomic E-state index is 0.700. The van der Waals surface area contributed by atoms with Crippen LogP contribution in [0, 0.1) is 13.8 Å². The Bertz CT molecular complexity index is 448. The third kappa shape index (κ3) is 2.18. The predicted octanol–water partition coefficient (Wildman–Crippen LogP) is 2.90. The highest BCUT2D eigenvalue weighted by molar-refractivity contribution is 5.48. The third-order valence-corrected chi connectivity index (χ3v) is 2.45. The second-order valence-corrected chi connectivity index (χ2v) is 3.57. The van der Waals surface area contributed by atoms with Crippen molar-refractivity contribution in [1.82, 2.24) is 4.98 Å². The summed E-state index contributed by atoms with van der Waals surface area (Å²) in [6.45, 7) is 4.79. The number of pyridine rings is 1. The Morgan fingerprint density at radius 1 is 1.27 bits per heavy atom. The van der Waals surface area contributed by atoms with Crippen LogP contribution in [0.2, 0.25) is 0 Å². The molecule has 0 aliphatic carbocycles. The van der Waals surface area contributed by atoms with Crippen molar-refractivity contribution in [2.75, 3.05) is 5.32 Å². The van der Waals surface area contributed by atoms with Gasteiger partial charge in [-0.25, -0.2) is 0 Å². The molecule has 15 heavy (non-hydrogen) atoms. The second kappa shape index (κ2) is 4.17. The molecule has 0 amide bonds. The van der Waals surface area contributed by atoms with Gasteiger partial charge in [0.25, 0.3) is 0 Å². The van der Waals surface area contributed by atoms with Gasteiger partial charge in [-0.3, -0.25) is 4.98 Å². The third-order valence-electron chi connectivity index (χ3n) is 2.45. The number of furan rings is 1. The number of aromatic nitrogens is 1. The van der Waals surface area contributed by atoms with Gasteiger partial charge < -0.3 is 9.73 Å². The van der Waals surface area contributed by atoms with Crippen LogP contribution in [-0.4, -0.2) is 4.98 Å². The Labute approximate surface area is 89.1 Å². The largest absolute Gasteiger partial charge is 0.467 e. The van der Waals surface area contributed by atoms with Crippen LogP contribution in [0.25, 0.3) is 0 Å². The summed E-state index contributed by atoms with van der Waals surface area (Å²) in [7, 11) is 0. The molecule has 1 N–H and O–H groups in total. The van der Waals surface area contributed by atoms with Gasteiger partial charge in [-0.1, -0.05) is 0 Å². The van der Waals surface area contributed by atoms with E-state index in [1.54, 1.807) is 12.5 Å². The quantitative estimate of drug-likeness (QED) is 0.831. The molecule has 0 fully saturated rings. The average Bonchev–Trinajstić information content (AvgIpc) is 2.63. The maximum atomic E-state index is 5.34. The first-order chi connectivity index (χ1) is 7.27. The molecule has 78 valence electrons. The minimum absolute atomic E-state index is 0.700. The summed E-state index contributed by atoms with van der Waals surface area (Å²) in [6.07, 6.45) is 5.33. The van der Waals surface area contributed by atoms with E-state index >= 15 is 0 Å². The zero-order valence-corrected chi connectivity index (χ0v) is 8.95. The topological polar surface area (TPSA) is 38.1 Å². The van der Waals surface area contributed by atoms with Crippen molar-refractivity contribution < 1.29 is 4.42 Å². The fourth-order valence-electron chi connectivity index (χ4n) is 1.41. The summed E-state index contributed by atoms with van der Waals surface area (Å²) in [4.78, 5) is 4.07. The highest BCUT2D eigenvalue weighted by atomic mass is 16.3. The molecular weight excluding hydrogens is 188 g/mol. The maximum Gasteiger partial charge on any atom is 0.125 e. The molecular formula is C12H14N2O. The predicted molar refractivity (Wildman–Crippen MR) is 59.7 cm³/mol. The van der Waals surface area contributed by atoms with Crippen LogP contribution in [0.1, 0.15) is 16.9 Å². The zero-order chi connectivity index (χ0) is 10.7. The van der Waals surface area contributed by atoms with E-state index in [4.69, 9.17) is 4.42 Å². The standard InChI is InChI=1S/C12H14N2O/c1-9-3-5-13-7-11(9)14-8-12-10(2)4-6-15-12/h3-7,14H,8H2,1-2H3. The van der Waals surface area contributed by atoms with Crippen LogP contribution in [0.3, 0.4) is 0 Å². The van der Waals surface area contributed by atoms with Gasteiger partial charge in [-0.15, -0.1) is 0 Å². The van der Waals surface area contributed by atoms with Gasteiger partial charge in [0.1, 0.15) is 5.76 Å². The van der Waals surface area contributed by atoms with Gasteiger partial charge in [-0.2, -0.15) is 0 Å². The lowest BCUT2D eigenvalue weighted by atomic mass is 10.2. The summed E-state index contributed by atoms with van der Waals surface area (Å²) in [5.41, 5.74) is 3.41. The van der Waals surface area contributed by atoms with Crippen molar-refractivity contribution in [3.05, 3.63) is 47.7 Å². The molecule has 2 aromatic rings. The maximum absolute atomic E-state index is 5.34. The first kappa shape index (κ1) is 9.77. The molecule has 0 saturated carbocycles. The summed E-state index contributed by atoms with van der Waals surface area (Å²) in [5.74, 6) is 0.971. The molecule has 0 atom stereocenters. The van der Waals surface area contributed by atoms with Crippen molar-refractivity contribution in [2.24, 2.45) is 0 Å². The molecule has 0 aliphatic heterocycles. The molecule has 0 radical (unpaired) electrons. The molecule has 2 heterocycles. The Morgan fingerprint density at radius 2 is 2.13 bits per heavy atom. The molecule has 0 unspecified atom stereocenters. The monoisotopic (exact) mass is 202 g/mol. The normalized spacial score (nSPS) is 10.3. The molecule has 0 spiro atoms. The van der Waals surface area contributed by atoms with Crippen molar-refractivity contribution >= 4 is 5.69 Å². The fourth-order valence-corrected chi connectivity index (χ4v) is 1.41. The van der Waals surface area contributed by atoms with Gasteiger partial charge in [0.05, 0.1) is 24.7 Å². The first-order valence-corrected chi connectivity index (χ1v) is 4.95. The van der Waals surface area contributed by atoms with Crippen LogP contribution in [-0.2, 0) is 6.54 Å². The minimum Gasteiger partial charge on any atom is -0.467 e. The fraction of sp³-hybridized carbons (Fsp3) is 0.250. The van der Waals surface area contributed by atoms with Gasteiger partial charge >= 0.3 is 0 Å². The number of aryl methyl sites for hydroxylation is 2. The van der Waals surface area contributed by atoms with Crippen LogP contribution < -0.4 is 5.32 Å². The van der Waals surface area contributed by atoms with Gasteiger partial charge in [0.15, 0.2) is 0 Å². The van der Waals surface area contributed by atoms with E-state index < -0.39 is 0 Å². The molecule has 0 aromatic carbocycles. The summed E-state index contributed by atoms with van der Waals surface area (Å²) >= 11 is 0. The molecule has 3 heteroatoms. The Balaban J connectivity index is 2.06. The van der Waals surface area contributed by atoms with Crippen molar-refractivity contribution in [1.29, 1.82) is 0 Å². The van der Waals surface area contributed by atoms with E-state index in [9.17, 15) is 0 Å². The van der Waals surface area contributed by atoms with Crippen LogP contribution >= 0.6 is 0 Å². The van der Waals surface area contributed by atoms with Crippen molar-refractivity contribution in [3.63, 3.8) is 0 Å². The van der Waals surface area contributed by atoms with Gasteiger partial charge in [0, 0.05) is 6.20 Å². The zero-order valence-electron chi connectivity index (χ0n) is 8.95. The van der Waals surface area contributed by atoms with E-state index in [1.807, 2.05) is 25.3 Å². The molecule has 0 aliphatic rings. The van der Waals surface area contributed by atoms with E-state index in [0.717, 1.165) is 11.4 Å². The molecule has 0 bridgehead atoms. The van der Waals surface area contributed by atoms with Crippen molar-refractivity contribution in [2.45, 2.75) is 20.4 Å². The number of nitrogens with zero attached hydrogens (tertiary/aromatic N) is 1. The summed E-state index contributed by atoms with van der Waals surface area (Å²) in [6, 6.07) is 3.95. The lowest BCUT2D eigenvalue weighted by Crippen LogP contribution is -2.01. The number of anilines is 1. The molecule has 3 nitrogen and oxygen atoms in total. The average molecular weight is 202 g/mol. The van der Waals surface area contributed by atoms with Crippen LogP contribution in [0.4, 0.5) is 5.69 Å². The van der Waals surface area contributed by atoms with Gasteiger partial charge in [-0.05, 0) is 37.1 Å². The first-order valence-electron chi connectivity index (χ1n) is 4.95. The lowest BCUT2D eigenvalue weighted by Gasteiger charge is -2.07. The molecule has 0 saturated heterocycles. The van der Waals surface area contributed by atoms with E-state index in [2.05, 4.69) is 17.2 Å². The number of nitrogens with one attached hydrogen (secondary N) is 1. The summed E-state index contributed by atoms with van der Waals surface area (Å²) in [5, 5.41) is 3.30. The summed E-state index contributed by atoms with van der Waals surface area (Å²) < 4.78 is 5.34. The lowest BCUT2D eigenvalue weighted by molar-refractivity contribution is 0.515. The number of hydrogen-bond acceptors (Lipinski definition) is 3. The Kier molecular flexibility index (Phi) is 2.72. The Hall–Kier alpha value is -1.77. The Morgan fingerprint density at radius 3 is 2.80 bits per heavy atom. The highest BCUT2D eigenvalue weighted by Gasteiger charge is 2.02. The highest BCUT2D eigenvalue weighted by Crippen LogP contribution is 2.15.